The van der Waals surface area contributed by atoms with Gasteiger partial charge in [-0.25, -0.2) is 13.4 Å². The number of benzene rings is 1. The summed E-state index contributed by atoms with van der Waals surface area (Å²) < 4.78 is 35.3. The summed E-state index contributed by atoms with van der Waals surface area (Å²) in [6.07, 6.45) is 4.34. The van der Waals surface area contributed by atoms with Crippen LogP contribution in [0.3, 0.4) is 0 Å². The van der Waals surface area contributed by atoms with Crippen molar-refractivity contribution in [2.75, 3.05) is 13.1 Å². The van der Waals surface area contributed by atoms with Crippen LogP contribution < -0.4 is 4.74 Å². The summed E-state index contributed by atoms with van der Waals surface area (Å²) in [6.45, 7) is 6.04. The van der Waals surface area contributed by atoms with Gasteiger partial charge in [-0.1, -0.05) is 6.08 Å². The second-order valence-corrected chi connectivity index (χ2v) is 10.3. The summed E-state index contributed by atoms with van der Waals surface area (Å²) in [5, 5.41) is 10.1. The number of fused-ring (bicyclic) bond motifs is 1. The first-order valence-corrected chi connectivity index (χ1v) is 12.2. The number of hydrogen-bond donors (Lipinski definition) is 1. The smallest absolute Gasteiger partial charge is 0.323 e. The molecule has 0 aliphatic carbocycles. The Bertz CT molecular complexity index is 1320. The number of carbonyl (C=O) groups is 1. The fourth-order valence-electron chi connectivity index (χ4n) is 4.01. The minimum absolute atomic E-state index is 0.00350. The van der Waals surface area contributed by atoms with Crippen molar-refractivity contribution in [1.29, 1.82) is 0 Å². The van der Waals surface area contributed by atoms with Gasteiger partial charge in [0.25, 0.3) is 0 Å². The van der Waals surface area contributed by atoms with E-state index in [9.17, 15) is 18.3 Å². The van der Waals surface area contributed by atoms with Gasteiger partial charge in [-0.15, -0.1) is 0 Å². The molecule has 174 valence electrons. The third-order valence-electron chi connectivity index (χ3n) is 5.46. The molecule has 0 saturated heterocycles. The number of aliphatic carboxylic acids is 1. The van der Waals surface area contributed by atoms with Crippen molar-refractivity contribution < 1.29 is 23.1 Å². The molecule has 3 aromatic rings. The Morgan fingerprint density at radius 3 is 2.58 bits per heavy atom. The SMILES string of the molecule is Cc1ccc2c(C3=CCCN(S(=O)(=O)c4ccc(OC(C)C)cc4)C3)cn(CC(=O)O)c2n1. The van der Waals surface area contributed by atoms with Gasteiger partial charge >= 0.3 is 5.97 Å². The predicted molar refractivity (Wildman–Crippen MR) is 126 cm³/mol. The molecule has 8 nitrogen and oxygen atoms in total. The highest BCUT2D eigenvalue weighted by Gasteiger charge is 2.28. The second-order valence-electron chi connectivity index (χ2n) is 8.38. The van der Waals surface area contributed by atoms with Crippen LogP contribution in [0.25, 0.3) is 16.6 Å². The van der Waals surface area contributed by atoms with Crippen LogP contribution in [0.15, 0.2) is 53.6 Å². The number of rotatable bonds is 7. The fraction of sp³-hybridized carbons (Fsp3) is 0.333. The van der Waals surface area contributed by atoms with Gasteiger partial charge in [0.15, 0.2) is 0 Å². The number of aromatic nitrogens is 2. The van der Waals surface area contributed by atoms with Crippen molar-refractivity contribution in [2.45, 2.75) is 44.7 Å². The quantitative estimate of drug-likeness (QED) is 0.566. The van der Waals surface area contributed by atoms with Gasteiger partial charge in [-0.3, -0.25) is 4.79 Å². The van der Waals surface area contributed by atoms with E-state index in [1.807, 2.05) is 39.0 Å². The first-order valence-electron chi connectivity index (χ1n) is 10.8. The first kappa shape index (κ1) is 23.0. The molecule has 0 unspecified atom stereocenters. The maximum atomic E-state index is 13.3. The molecule has 0 radical (unpaired) electrons. The van der Waals surface area contributed by atoms with E-state index in [4.69, 9.17) is 4.74 Å². The van der Waals surface area contributed by atoms with Crippen LogP contribution in [0.1, 0.15) is 31.5 Å². The van der Waals surface area contributed by atoms with E-state index < -0.39 is 16.0 Å². The van der Waals surface area contributed by atoms with Crippen LogP contribution in [0.2, 0.25) is 0 Å². The molecular formula is C24H27N3O5S. The number of pyridine rings is 1. The normalized spacial score (nSPS) is 15.1. The lowest BCUT2D eigenvalue weighted by Crippen LogP contribution is -2.35. The molecule has 2 aromatic heterocycles. The number of carboxylic acids is 1. The van der Waals surface area contributed by atoms with E-state index in [0.29, 0.717) is 24.4 Å². The molecule has 3 heterocycles. The van der Waals surface area contributed by atoms with Gasteiger partial charge in [0, 0.05) is 35.9 Å². The molecule has 4 rings (SSSR count). The van der Waals surface area contributed by atoms with Gasteiger partial charge in [-0.05, 0) is 69.2 Å². The molecule has 0 bridgehead atoms. The van der Waals surface area contributed by atoms with Gasteiger partial charge < -0.3 is 14.4 Å². The highest BCUT2D eigenvalue weighted by atomic mass is 32.2. The molecule has 0 spiro atoms. The van der Waals surface area contributed by atoms with Crippen molar-refractivity contribution in [2.24, 2.45) is 0 Å². The highest BCUT2D eigenvalue weighted by Crippen LogP contribution is 2.32. The van der Waals surface area contributed by atoms with E-state index in [-0.39, 0.29) is 24.1 Å². The Labute approximate surface area is 193 Å². The Hall–Kier alpha value is -3.17. The number of aryl methyl sites for hydroxylation is 1. The van der Waals surface area contributed by atoms with Crippen LogP contribution in [-0.4, -0.2) is 52.5 Å². The number of hydrogen-bond acceptors (Lipinski definition) is 5. The van der Waals surface area contributed by atoms with Crippen molar-refractivity contribution in [3.05, 3.63) is 59.9 Å². The lowest BCUT2D eigenvalue weighted by Gasteiger charge is -2.27. The van der Waals surface area contributed by atoms with Crippen LogP contribution in [0.5, 0.6) is 5.75 Å². The van der Waals surface area contributed by atoms with Gasteiger partial charge in [0.1, 0.15) is 17.9 Å². The van der Waals surface area contributed by atoms with Crippen LogP contribution in [-0.2, 0) is 21.4 Å². The third kappa shape index (κ3) is 4.79. The number of sulfonamides is 1. The Balaban J connectivity index is 1.64. The number of carboxylic acid groups (broad SMARTS) is 1. The lowest BCUT2D eigenvalue weighted by atomic mass is 10.0. The summed E-state index contributed by atoms with van der Waals surface area (Å²) in [6, 6.07) is 10.2. The molecule has 1 aromatic carbocycles. The summed E-state index contributed by atoms with van der Waals surface area (Å²) in [4.78, 5) is 16.1. The van der Waals surface area contributed by atoms with E-state index in [2.05, 4.69) is 4.98 Å². The van der Waals surface area contributed by atoms with Crippen molar-refractivity contribution in [3.8, 4) is 5.75 Å². The molecule has 9 heteroatoms. The van der Waals surface area contributed by atoms with Crippen LogP contribution >= 0.6 is 0 Å². The van der Waals surface area contributed by atoms with Crippen molar-refractivity contribution in [1.82, 2.24) is 13.9 Å². The van der Waals surface area contributed by atoms with Gasteiger partial charge in [-0.2, -0.15) is 4.31 Å². The molecule has 0 saturated carbocycles. The van der Waals surface area contributed by atoms with Crippen molar-refractivity contribution in [3.63, 3.8) is 0 Å². The molecule has 1 N–H and O–H groups in total. The Morgan fingerprint density at radius 2 is 1.91 bits per heavy atom. The van der Waals surface area contributed by atoms with Gasteiger partial charge in [0.05, 0.1) is 11.0 Å². The Morgan fingerprint density at radius 1 is 1.18 bits per heavy atom. The average Bonchev–Trinajstić information content (AvgIpc) is 3.10. The third-order valence-corrected chi connectivity index (χ3v) is 7.32. The van der Waals surface area contributed by atoms with E-state index in [0.717, 1.165) is 22.2 Å². The second kappa shape index (κ2) is 8.99. The minimum Gasteiger partial charge on any atom is -0.491 e. The zero-order chi connectivity index (χ0) is 23.8. The maximum absolute atomic E-state index is 13.3. The van der Waals surface area contributed by atoms with E-state index in [1.165, 1.54) is 4.31 Å². The van der Waals surface area contributed by atoms with Crippen molar-refractivity contribution >= 4 is 32.6 Å². The molecule has 0 amide bonds. The molecular weight excluding hydrogens is 442 g/mol. The summed E-state index contributed by atoms with van der Waals surface area (Å²) >= 11 is 0. The molecule has 1 aliphatic rings. The summed E-state index contributed by atoms with van der Waals surface area (Å²) in [5.74, 6) is -0.342. The minimum atomic E-state index is -3.70. The van der Waals surface area contributed by atoms with Crippen LogP contribution in [0, 0.1) is 6.92 Å². The molecule has 33 heavy (non-hydrogen) atoms. The molecule has 0 fully saturated rings. The van der Waals surface area contributed by atoms with E-state index >= 15 is 0 Å². The summed E-state index contributed by atoms with van der Waals surface area (Å²) in [5.41, 5.74) is 3.00. The molecule has 1 aliphatic heterocycles. The zero-order valence-corrected chi connectivity index (χ0v) is 19.7. The first-order chi connectivity index (χ1) is 15.6. The van der Waals surface area contributed by atoms with Gasteiger partial charge in [0.2, 0.25) is 10.0 Å². The molecule has 0 atom stereocenters. The zero-order valence-electron chi connectivity index (χ0n) is 18.9. The average molecular weight is 470 g/mol. The number of ether oxygens (including phenoxy) is 1. The number of nitrogens with zero attached hydrogens (tertiary/aromatic N) is 3. The van der Waals surface area contributed by atoms with E-state index in [1.54, 1.807) is 35.0 Å². The van der Waals surface area contributed by atoms with Crippen LogP contribution in [0.4, 0.5) is 0 Å². The largest absolute Gasteiger partial charge is 0.491 e. The lowest BCUT2D eigenvalue weighted by molar-refractivity contribution is -0.137. The standard InChI is InChI=1S/C24H27N3O5S/c1-16(2)32-19-7-9-20(10-8-19)33(30,31)27-12-4-5-18(13-27)22-14-26(15-23(28)29)24-21(22)11-6-17(3)25-24/h5-11,14,16H,4,12-13,15H2,1-3H3,(H,28,29). The monoisotopic (exact) mass is 469 g/mol. The maximum Gasteiger partial charge on any atom is 0.323 e. The Kier molecular flexibility index (Phi) is 6.27. The fourth-order valence-corrected chi connectivity index (χ4v) is 5.44. The highest BCUT2D eigenvalue weighted by molar-refractivity contribution is 7.89. The summed E-state index contributed by atoms with van der Waals surface area (Å²) in [7, 11) is -3.70. The predicted octanol–water partition coefficient (Wildman–Crippen LogP) is 3.69. The topological polar surface area (TPSA) is 102 Å².